The van der Waals surface area contributed by atoms with Crippen LogP contribution < -0.4 is 4.74 Å². The monoisotopic (exact) mass is 269 g/mol. The number of rotatable bonds is 3. The van der Waals surface area contributed by atoms with Crippen molar-refractivity contribution in [1.29, 1.82) is 0 Å². The summed E-state index contributed by atoms with van der Waals surface area (Å²) in [5.41, 5.74) is 0.731. The van der Waals surface area contributed by atoms with Gasteiger partial charge in [0.05, 0.1) is 18.9 Å². The lowest BCUT2D eigenvalue weighted by Gasteiger charge is -2.05. The summed E-state index contributed by atoms with van der Waals surface area (Å²) in [6, 6.07) is 5.13. The Morgan fingerprint density at radius 1 is 1.53 bits per heavy atom. The molecule has 0 aliphatic rings. The van der Waals surface area contributed by atoms with Crippen molar-refractivity contribution < 1.29 is 14.6 Å². The smallest absolute Gasteiger partial charge is 0.347 e. The van der Waals surface area contributed by atoms with Gasteiger partial charge in [0.1, 0.15) is 15.6 Å². The van der Waals surface area contributed by atoms with Crippen LogP contribution >= 0.6 is 22.9 Å². The first-order chi connectivity index (χ1) is 8.11. The molecule has 0 fully saturated rings. The van der Waals surface area contributed by atoms with E-state index in [0.29, 0.717) is 15.8 Å². The molecule has 17 heavy (non-hydrogen) atoms. The van der Waals surface area contributed by atoms with Crippen LogP contribution in [0.3, 0.4) is 0 Å². The van der Waals surface area contributed by atoms with E-state index < -0.39 is 5.97 Å². The summed E-state index contributed by atoms with van der Waals surface area (Å²) in [5.74, 6) is -0.412. The number of hydrogen-bond acceptors (Lipinski definition) is 4. The molecule has 0 aliphatic heterocycles. The molecule has 0 amide bonds. The van der Waals surface area contributed by atoms with Crippen molar-refractivity contribution in [1.82, 2.24) is 4.98 Å². The lowest BCUT2D eigenvalue weighted by Crippen LogP contribution is -1.89. The molecule has 1 aromatic carbocycles. The number of thiazole rings is 1. The molecule has 6 heteroatoms. The fourth-order valence-corrected chi connectivity index (χ4v) is 2.29. The topological polar surface area (TPSA) is 59.4 Å². The second-order valence-corrected chi connectivity index (χ2v) is 4.65. The number of aromatic nitrogens is 1. The van der Waals surface area contributed by atoms with Crippen molar-refractivity contribution in [3.63, 3.8) is 0 Å². The minimum atomic E-state index is -0.985. The maximum Gasteiger partial charge on any atom is 0.347 e. The third-order valence-electron chi connectivity index (χ3n) is 2.11. The van der Waals surface area contributed by atoms with Gasteiger partial charge in [0, 0.05) is 5.02 Å². The number of carboxylic acids is 1. The third-order valence-corrected chi connectivity index (χ3v) is 3.36. The number of aromatic carboxylic acids is 1. The van der Waals surface area contributed by atoms with E-state index in [1.807, 2.05) is 0 Å². The Balaban J connectivity index is 2.48. The highest BCUT2D eigenvalue weighted by molar-refractivity contribution is 7.16. The van der Waals surface area contributed by atoms with Crippen LogP contribution in [0.4, 0.5) is 0 Å². The van der Waals surface area contributed by atoms with Crippen LogP contribution in [0.1, 0.15) is 9.67 Å². The first kappa shape index (κ1) is 11.9. The van der Waals surface area contributed by atoms with Crippen molar-refractivity contribution in [2.45, 2.75) is 0 Å². The third kappa shape index (κ3) is 2.40. The zero-order valence-electron chi connectivity index (χ0n) is 8.81. The summed E-state index contributed by atoms with van der Waals surface area (Å²) in [5, 5.41) is 9.98. The van der Waals surface area contributed by atoms with Gasteiger partial charge in [-0.1, -0.05) is 11.6 Å². The number of ether oxygens (including phenoxy) is 1. The summed E-state index contributed by atoms with van der Waals surface area (Å²) < 4.78 is 5.19. The fourth-order valence-electron chi connectivity index (χ4n) is 1.34. The molecule has 0 aliphatic carbocycles. The van der Waals surface area contributed by atoms with E-state index in [4.69, 9.17) is 21.4 Å². The number of benzene rings is 1. The van der Waals surface area contributed by atoms with Crippen molar-refractivity contribution in [3.05, 3.63) is 34.3 Å². The van der Waals surface area contributed by atoms with Gasteiger partial charge in [-0.25, -0.2) is 9.78 Å². The van der Waals surface area contributed by atoms with Gasteiger partial charge in [0.2, 0.25) is 0 Å². The van der Waals surface area contributed by atoms with E-state index in [2.05, 4.69) is 4.98 Å². The first-order valence-electron chi connectivity index (χ1n) is 4.65. The SMILES string of the molecule is COc1cc(Cl)ccc1-c1ncc(C(=O)O)s1. The van der Waals surface area contributed by atoms with Crippen LogP contribution in [0, 0.1) is 0 Å². The predicted octanol–water partition coefficient (Wildman–Crippen LogP) is 3.17. The minimum Gasteiger partial charge on any atom is -0.496 e. The van der Waals surface area contributed by atoms with E-state index in [-0.39, 0.29) is 4.88 Å². The standard InChI is InChI=1S/C11H8ClNO3S/c1-16-8-4-6(12)2-3-7(8)10-13-5-9(17-10)11(14)15/h2-5H,1H3,(H,14,15). The molecule has 4 nitrogen and oxygen atoms in total. The largest absolute Gasteiger partial charge is 0.496 e. The summed E-state index contributed by atoms with van der Waals surface area (Å²) in [6.45, 7) is 0. The number of methoxy groups -OCH3 is 1. The van der Waals surface area contributed by atoms with Crippen LogP contribution in [0.25, 0.3) is 10.6 Å². The molecular formula is C11H8ClNO3S. The molecule has 0 saturated heterocycles. The van der Waals surface area contributed by atoms with Gasteiger partial charge in [-0.2, -0.15) is 0 Å². The Morgan fingerprint density at radius 2 is 2.29 bits per heavy atom. The van der Waals surface area contributed by atoms with E-state index >= 15 is 0 Å². The summed E-state index contributed by atoms with van der Waals surface area (Å²) >= 11 is 6.94. The average Bonchev–Trinajstić information content (AvgIpc) is 2.78. The normalized spacial score (nSPS) is 10.2. The molecule has 1 aromatic heterocycles. The maximum atomic E-state index is 10.8. The Bertz CT molecular complexity index is 568. The van der Waals surface area contributed by atoms with Crippen LogP contribution in [-0.4, -0.2) is 23.2 Å². The molecule has 2 aromatic rings. The molecule has 1 N–H and O–H groups in total. The Kier molecular flexibility index (Phi) is 3.31. The molecule has 0 atom stereocenters. The Hall–Kier alpha value is -1.59. The highest BCUT2D eigenvalue weighted by Crippen LogP contribution is 2.34. The van der Waals surface area contributed by atoms with Crippen LogP contribution in [0.15, 0.2) is 24.4 Å². The zero-order valence-corrected chi connectivity index (χ0v) is 10.4. The minimum absolute atomic E-state index is 0.192. The number of nitrogens with zero attached hydrogens (tertiary/aromatic N) is 1. The average molecular weight is 270 g/mol. The van der Waals surface area contributed by atoms with E-state index in [0.717, 1.165) is 16.9 Å². The van der Waals surface area contributed by atoms with Crippen LogP contribution in [-0.2, 0) is 0 Å². The van der Waals surface area contributed by atoms with Crippen molar-refractivity contribution in [3.8, 4) is 16.3 Å². The highest BCUT2D eigenvalue weighted by atomic mass is 35.5. The van der Waals surface area contributed by atoms with Crippen LogP contribution in [0.2, 0.25) is 5.02 Å². The Morgan fingerprint density at radius 3 is 2.88 bits per heavy atom. The fraction of sp³-hybridized carbons (Fsp3) is 0.0909. The molecule has 0 unspecified atom stereocenters. The lowest BCUT2D eigenvalue weighted by molar-refractivity contribution is 0.0702. The van der Waals surface area contributed by atoms with Crippen molar-refractivity contribution in [2.24, 2.45) is 0 Å². The van der Waals surface area contributed by atoms with E-state index in [9.17, 15) is 4.79 Å². The molecule has 2 rings (SSSR count). The lowest BCUT2D eigenvalue weighted by atomic mass is 10.2. The molecule has 0 saturated carbocycles. The first-order valence-corrected chi connectivity index (χ1v) is 5.84. The molecule has 0 radical (unpaired) electrons. The molecule has 88 valence electrons. The van der Waals surface area contributed by atoms with Gasteiger partial charge in [-0.3, -0.25) is 0 Å². The van der Waals surface area contributed by atoms with Gasteiger partial charge in [0.25, 0.3) is 0 Å². The number of carboxylic acid groups (broad SMARTS) is 1. The zero-order chi connectivity index (χ0) is 12.4. The van der Waals surface area contributed by atoms with Gasteiger partial charge in [-0.05, 0) is 18.2 Å². The predicted molar refractivity (Wildman–Crippen MR) is 66.1 cm³/mol. The number of halogens is 1. The second kappa shape index (κ2) is 4.73. The van der Waals surface area contributed by atoms with Crippen molar-refractivity contribution >= 4 is 28.9 Å². The molecule has 1 heterocycles. The maximum absolute atomic E-state index is 10.8. The molecule has 0 bridgehead atoms. The summed E-state index contributed by atoms with van der Waals surface area (Å²) in [4.78, 5) is 15.0. The molecular weight excluding hydrogens is 262 g/mol. The van der Waals surface area contributed by atoms with Crippen molar-refractivity contribution in [2.75, 3.05) is 7.11 Å². The molecule has 0 spiro atoms. The summed E-state index contributed by atoms with van der Waals surface area (Å²) in [7, 11) is 1.53. The number of carbonyl (C=O) groups is 1. The van der Waals surface area contributed by atoms with Gasteiger partial charge in [0.15, 0.2) is 0 Å². The van der Waals surface area contributed by atoms with Gasteiger partial charge < -0.3 is 9.84 Å². The quantitative estimate of drug-likeness (QED) is 0.930. The summed E-state index contributed by atoms with van der Waals surface area (Å²) in [6.07, 6.45) is 1.33. The highest BCUT2D eigenvalue weighted by Gasteiger charge is 2.13. The van der Waals surface area contributed by atoms with Crippen LogP contribution in [0.5, 0.6) is 5.75 Å². The van der Waals surface area contributed by atoms with E-state index in [1.165, 1.54) is 13.3 Å². The van der Waals surface area contributed by atoms with Gasteiger partial charge >= 0.3 is 5.97 Å². The number of hydrogen-bond donors (Lipinski definition) is 1. The second-order valence-electron chi connectivity index (χ2n) is 3.18. The Labute approximate surface area is 106 Å². The van der Waals surface area contributed by atoms with Gasteiger partial charge in [-0.15, -0.1) is 11.3 Å². The van der Waals surface area contributed by atoms with E-state index in [1.54, 1.807) is 18.2 Å².